The molecule has 3 N–H and O–H groups in total. The summed E-state index contributed by atoms with van der Waals surface area (Å²) >= 11 is 0. The monoisotopic (exact) mass is 259 g/mol. The van der Waals surface area contributed by atoms with Crippen LogP contribution in [-0.2, 0) is 0 Å². The van der Waals surface area contributed by atoms with E-state index in [0.717, 1.165) is 25.3 Å². The molecule has 1 atom stereocenters. The van der Waals surface area contributed by atoms with Crippen molar-refractivity contribution in [3.05, 3.63) is 30.2 Å². The molecule has 7 heteroatoms. The quantitative estimate of drug-likeness (QED) is 0.778. The van der Waals surface area contributed by atoms with Gasteiger partial charge in [0.25, 0.3) is 0 Å². The zero-order valence-corrected chi connectivity index (χ0v) is 10.8. The molecule has 2 aromatic rings. The zero-order chi connectivity index (χ0) is 13.2. The zero-order valence-electron chi connectivity index (χ0n) is 10.8. The van der Waals surface area contributed by atoms with Crippen LogP contribution < -0.4 is 11.1 Å². The van der Waals surface area contributed by atoms with Gasteiger partial charge in [-0.25, -0.2) is 9.67 Å². The molecule has 0 bridgehead atoms. The van der Waals surface area contributed by atoms with Gasteiger partial charge in [-0.05, 0) is 13.1 Å². The standard InChI is InChI=1S/C12H17N7/c1-18-5-4-14-7-11(18)10-8-19(17-16-10)12-6-9(13)2-3-15-12/h2-3,6,8,11,14H,4-5,7H2,1H3,(H2,13,15). The van der Waals surface area contributed by atoms with Crippen LogP contribution >= 0.6 is 0 Å². The van der Waals surface area contributed by atoms with Gasteiger partial charge in [-0.3, -0.25) is 4.90 Å². The van der Waals surface area contributed by atoms with E-state index in [9.17, 15) is 0 Å². The first-order valence-electron chi connectivity index (χ1n) is 6.29. The molecule has 1 aliphatic heterocycles. The van der Waals surface area contributed by atoms with Crippen LogP contribution in [0.4, 0.5) is 5.69 Å². The molecule has 0 saturated carbocycles. The molecular formula is C12H17N7. The fourth-order valence-electron chi connectivity index (χ4n) is 2.24. The lowest BCUT2D eigenvalue weighted by atomic mass is 10.1. The number of nitrogens with two attached hydrogens (primary N) is 1. The Balaban J connectivity index is 1.86. The first-order chi connectivity index (χ1) is 9.24. The minimum absolute atomic E-state index is 0.253. The Morgan fingerprint density at radius 1 is 1.47 bits per heavy atom. The number of aromatic nitrogens is 4. The molecule has 1 fully saturated rings. The Morgan fingerprint density at radius 3 is 3.16 bits per heavy atom. The molecule has 1 saturated heterocycles. The van der Waals surface area contributed by atoms with Gasteiger partial charge in [0.15, 0.2) is 5.82 Å². The van der Waals surface area contributed by atoms with E-state index in [2.05, 4.69) is 32.6 Å². The van der Waals surface area contributed by atoms with Gasteiger partial charge in [0, 0.05) is 37.6 Å². The predicted molar refractivity (Wildman–Crippen MR) is 71.8 cm³/mol. The summed E-state index contributed by atoms with van der Waals surface area (Å²) in [7, 11) is 2.10. The first kappa shape index (κ1) is 12.1. The maximum absolute atomic E-state index is 5.75. The van der Waals surface area contributed by atoms with Crippen LogP contribution in [0.5, 0.6) is 0 Å². The van der Waals surface area contributed by atoms with E-state index in [-0.39, 0.29) is 6.04 Å². The van der Waals surface area contributed by atoms with Gasteiger partial charge in [-0.15, -0.1) is 5.10 Å². The Bertz CT molecular complexity index is 565. The summed E-state index contributed by atoms with van der Waals surface area (Å²) in [6.07, 6.45) is 3.58. The molecule has 3 heterocycles. The normalized spacial score (nSPS) is 20.6. The molecule has 0 aromatic carbocycles. The third-order valence-corrected chi connectivity index (χ3v) is 3.37. The Hall–Kier alpha value is -1.99. The van der Waals surface area contributed by atoms with E-state index in [1.165, 1.54) is 0 Å². The third kappa shape index (κ3) is 2.42. The molecule has 0 spiro atoms. The highest BCUT2D eigenvalue weighted by molar-refractivity contribution is 5.42. The van der Waals surface area contributed by atoms with Crippen LogP contribution in [0, 0.1) is 0 Å². The van der Waals surface area contributed by atoms with Crippen molar-refractivity contribution in [1.29, 1.82) is 0 Å². The molecule has 3 rings (SSSR count). The van der Waals surface area contributed by atoms with Gasteiger partial charge < -0.3 is 11.1 Å². The molecule has 19 heavy (non-hydrogen) atoms. The van der Waals surface area contributed by atoms with Crippen molar-refractivity contribution in [2.24, 2.45) is 0 Å². The number of hydrogen-bond donors (Lipinski definition) is 2. The SMILES string of the molecule is CN1CCNCC1c1cn(-c2cc(N)ccn2)nn1. The highest BCUT2D eigenvalue weighted by atomic mass is 15.4. The van der Waals surface area contributed by atoms with Gasteiger partial charge in [-0.2, -0.15) is 0 Å². The topological polar surface area (TPSA) is 84.9 Å². The smallest absolute Gasteiger partial charge is 0.157 e. The van der Waals surface area contributed by atoms with Gasteiger partial charge >= 0.3 is 0 Å². The molecule has 0 aliphatic carbocycles. The second-order valence-electron chi connectivity index (χ2n) is 4.74. The molecule has 0 amide bonds. The van der Waals surface area contributed by atoms with Gasteiger partial charge in [0.05, 0.1) is 12.2 Å². The minimum Gasteiger partial charge on any atom is -0.399 e. The van der Waals surface area contributed by atoms with E-state index in [4.69, 9.17) is 5.73 Å². The van der Waals surface area contributed by atoms with Crippen molar-refractivity contribution in [2.75, 3.05) is 32.4 Å². The van der Waals surface area contributed by atoms with Crippen molar-refractivity contribution in [3.63, 3.8) is 0 Å². The van der Waals surface area contributed by atoms with Crippen LogP contribution in [-0.4, -0.2) is 51.6 Å². The van der Waals surface area contributed by atoms with Crippen LogP contribution in [0.15, 0.2) is 24.5 Å². The van der Waals surface area contributed by atoms with Crippen molar-refractivity contribution in [3.8, 4) is 5.82 Å². The average molecular weight is 259 g/mol. The number of rotatable bonds is 2. The minimum atomic E-state index is 0.253. The van der Waals surface area contributed by atoms with Crippen LogP contribution in [0.3, 0.4) is 0 Å². The van der Waals surface area contributed by atoms with E-state index < -0.39 is 0 Å². The maximum atomic E-state index is 5.75. The number of nitrogens with one attached hydrogen (secondary N) is 1. The van der Waals surface area contributed by atoms with Crippen molar-refractivity contribution in [2.45, 2.75) is 6.04 Å². The first-order valence-corrected chi connectivity index (χ1v) is 6.29. The van der Waals surface area contributed by atoms with Crippen LogP contribution in [0.25, 0.3) is 5.82 Å². The Kier molecular flexibility index (Phi) is 3.14. The molecule has 0 radical (unpaired) electrons. The summed E-state index contributed by atoms with van der Waals surface area (Å²) in [6, 6.07) is 3.78. The molecular weight excluding hydrogens is 242 g/mol. The van der Waals surface area contributed by atoms with E-state index >= 15 is 0 Å². The lowest BCUT2D eigenvalue weighted by Gasteiger charge is -2.31. The molecule has 7 nitrogen and oxygen atoms in total. The number of nitrogens with zero attached hydrogens (tertiary/aromatic N) is 5. The highest BCUT2D eigenvalue weighted by Gasteiger charge is 2.23. The number of hydrogen-bond acceptors (Lipinski definition) is 6. The van der Waals surface area contributed by atoms with E-state index in [0.29, 0.717) is 11.5 Å². The summed E-state index contributed by atoms with van der Waals surface area (Å²) in [4.78, 5) is 6.51. The fraction of sp³-hybridized carbons (Fsp3) is 0.417. The van der Waals surface area contributed by atoms with Crippen molar-refractivity contribution < 1.29 is 0 Å². The van der Waals surface area contributed by atoms with Gasteiger partial charge in [-0.1, -0.05) is 5.21 Å². The van der Waals surface area contributed by atoms with Crippen molar-refractivity contribution >= 4 is 5.69 Å². The molecule has 1 unspecified atom stereocenters. The second-order valence-corrected chi connectivity index (χ2v) is 4.74. The predicted octanol–water partition coefficient (Wildman–Crippen LogP) is -0.179. The van der Waals surface area contributed by atoms with Gasteiger partial charge in [0.1, 0.15) is 5.69 Å². The van der Waals surface area contributed by atoms with Crippen LogP contribution in [0.1, 0.15) is 11.7 Å². The fourth-order valence-corrected chi connectivity index (χ4v) is 2.24. The summed E-state index contributed by atoms with van der Waals surface area (Å²) < 4.78 is 1.66. The summed E-state index contributed by atoms with van der Waals surface area (Å²) in [5.41, 5.74) is 7.36. The highest BCUT2D eigenvalue weighted by Crippen LogP contribution is 2.18. The number of piperazine rings is 1. The number of nitrogen functional groups attached to an aromatic ring is 1. The molecule has 100 valence electrons. The second kappa shape index (κ2) is 4.94. The van der Waals surface area contributed by atoms with Crippen LogP contribution in [0.2, 0.25) is 0 Å². The summed E-state index contributed by atoms with van der Waals surface area (Å²) in [5.74, 6) is 0.685. The van der Waals surface area contributed by atoms with E-state index in [1.54, 1.807) is 23.0 Å². The number of pyridine rings is 1. The Morgan fingerprint density at radius 2 is 2.37 bits per heavy atom. The number of anilines is 1. The largest absolute Gasteiger partial charge is 0.399 e. The Labute approximate surface area is 111 Å². The average Bonchev–Trinajstić information content (AvgIpc) is 2.89. The maximum Gasteiger partial charge on any atom is 0.157 e. The van der Waals surface area contributed by atoms with Gasteiger partial charge in [0.2, 0.25) is 0 Å². The van der Waals surface area contributed by atoms with Crippen molar-refractivity contribution in [1.82, 2.24) is 30.2 Å². The molecule has 1 aliphatic rings. The summed E-state index contributed by atoms with van der Waals surface area (Å²) in [6.45, 7) is 2.91. The number of likely N-dealkylation sites (N-methyl/N-ethyl adjacent to an activating group) is 1. The summed E-state index contributed by atoms with van der Waals surface area (Å²) in [5, 5.41) is 11.7. The third-order valence-electron chi connectivity index (χ3n) is 3.37. The lowest BCUT2D eigenvalue weighted by Crippen LogP contribution is -2.43. The molecule has 2 aromatic heterocycles. The lowest BCUT2D eigenvalue weighted by molar-refractivity contribution is 0.198. The van der Waals surface area contributed by atoms with E-state index in [1.807, 2.05) is 6.20 Å².